The fourth-order valence-corrected chi connectivity index (χ4v) is 1.65. The molecule has 0 atom stereocenters. The van der Waals surface area contributed by atoms with Gasteiger partial charge in [0.1, 0.15) is 5.76 Å². The summed E-state index contributed by atoms with van der Waals surface area (Å²) in [6, 6.07) is 9.94. The molecule has 0 spiro atoms. The molecule has 0 radical (unpaired) electrons. The molecule has 1 aromatic heterocycles. The van der Waals surface area contributed by atoms with Crippen molar-refractivity contribution in [2.45, 2.75) is 6.54 Å². The fourth-order valence-electron chi connectivity index (χ4n) is 1.65. The van der Waals surface area contributed by atoms with Crippen molar-refractivity contribution in [3.8, 4) is 0 Å². The van der Waals surface area contributed by atoms with Crippen LogP contribution in [0, 0.1) is 0 Å². The first kappa shape index (κ1) is 14.5. The average molecular weight is 286 g/mol. The number of nitrogens with two attached hydrogens (primary N) is 1. The average Bonchev–Trinajstić information content (AvgIpc) is 2.95. The number of carbonyl (C=O) groups excluding carboxylic acids is 1. The molecule has 0 aliphatic heterocycles. The molecule has 0 saturated carbocycles. The van der Waals surface area contributed by atoms with Gasteiger partial charge in [0.25, 0.3) is 5.91 Å². The molecule has 108 valence electrons. The number of carbonyl (C=O) groups is 2. The number of carboxylic acids is 1. The monoisotopic (exact) mass is 286 g/mol. The first-order valence-corrected chi connectivity index (χ1v) is 6.19. The summed E-state index contributed by atoms with van der Waals surface area (Å²) in [7, 11) is 0. The maximum absolute atomic E-state index is 11.9. The van der Waals surface area contributed by atoms with E-state index in [0.29, 0.717) is 11.4 Å². The van der Waals surface area contributed by atoms with Crippen molar-refractivity contribution in [1.82, 2.24) is 0 Å². The van der Waals surface area contributed by atoms with Crippen LogP contribution >= 0.6 is 0 Å². The summed E-state index contributed by atoms with van der Waals surface area (Å²) in [5.41, 5.74) is 6.71. The summed E-state index contributed by atoms with van der Waals surface area (Å²) in [6.07, 6.45) is 2.51. The van der Waals surface area contributed by atoms with E-state index in [4.69, 9.17) is 15.3 Å². The van der Waals surface area contributed by atoms with Gasteiger partial charge in [-0.3, -0.25) is 4.79 Å². The lowest BCUT2D eigenvalue weighted by Gasteiger charge is -2.03. The molecule has 1 amide bonds. The first-order chi connectivity index (χ1) is 10.1. The summed E-state index contributed by atoms with van der Waals surface area (Å²) in [6.45, 7) is 0.234. The van der Waals surface area contributed by atoms with Gasteiger partial charge in [0.05, 0.1) is 6.54 Å². The Morgan fingerprint density at radius 2 is 1.90 bits per heavy atom. The number of anilines is 1. The van der Waals surface area contributed by atoms with Crippen molar-refractivity contribution < 1.29 is 19.1 Å². The highest BCUT2D eigenvalue weighted by Crippen LogP contribution is 2.14. The summed E-state index contributed by atoms with van der Waals surface area (Å²) < 4.78 is 5.24. The van der Waals surface area contributed by atoms with Gasteiger partial charge in [0.15, 0.2) is 5.76 Å². The Hall–Kier alpha value is -2.86. The van der Waals surface area contributed by atoms with Gasteiger partial charge >= 0.3 is 5.97 Å². The van der Waals surface area contributed by atoms with Crippen LogP contribution in [0.1, 0.15) is 21.9 Å². The summed E-state index contributed by atoms with van der Waals surface area (Å²) >= 11 is 0. The van der Waals surface area contributed by atoms with Gasteiger partial charge < -0.3 is 20.6 Å². The number of benzene rings is 1. The normalized spacial score (nSPS) is 10.7. The van der Waals surface area contributed by atoms with Crippen LogP contribution in [0.25, 0.3) is 6.08 Å². The van der Waals surface area contributed by atoms with Crippen LogP contribution in [-0.4, -0.2) is 17.0 Å². The predicted octanol–water partition coefficient (Wildman–Crippen LogP) is 2.09. The third-order valence-electron chi connectivity index (χ3n) is 2.67. The Balaban J connectivity index is 2.02. The number of amides is 1. The Morgan fingerprint density at radius 1 is 1.19 bits per heavy atom. The third kappa shape index (κ3) is 4.05. The number of nitrogens with one attached hydrogen (secondary N) is 1. The van der Waals surface area contributed by atoms with Crippen LogP contribution < -0.4 is 11.1 Å². The lowest BCUT2D eigenvalue weighted by Crippen LogP contribution is -2.10. The quantitative estimate of drug-likeness (QED) is 0.730. The highest BCUT2D eigenvalue weighted by Gasteiger charge is 2.10. The highest BCUT2D eigenvalue weighted by molar-refractivity contribution is 6.02. The minimum atomic E-state index is -1.01. The zero-order valence-electron chi connectivity index (χ0n) is 11.1. The van der Waals surface area contributed by atoms with Gasteiger partial charge in [-0.15, -0.1) is 0 Å². The van der Waals surface area contributed by atoms with E-state index < -0.39 is 5.97 Å². The Bertz CT molecular complexity index is 671. The number of furan rings is 1. The van der Waals surface area contributed by atoms with E-state index in [-0.39, 0.29) is 18.2 Å². The molecule has 0 aliphatic carbocycles. The second-order valence-corrected chi connectivity index (χ2v) is 4.22. The number of hydrogen-bond acceptors (Lipinski definition) is 4. The first-order valence-electron chi connectivity index (χ1n) is 6.19. The Morgan fingerprint density at radius 3 is 2.48 bits per heavy atom. The standard InChI is InChI=1S/C15H14N2O4/c16-9-12-6-7-13(21-12)15(20)17-11-4-1-10(2-5-11)3-8-14(18)19/h1-8H,9,16H2,(H,17,20)(H,18,19)/b8-3+. The smallest absolute Gasteiger partial charge is 0.328 e. The van der Waals surface area contributed by atoms with Crippen LogP contribution in [0.4, 0.5) is 5.69 Å². The fraction of sp³-hybridized carbons (Fsp3) is 0.0667. The maximum atomic E-state index is 11.9. The van der Waals surface area contributed by atoms with E-state index in [2.05, 4.69) is 5.32 Å². The molecule has 2 aromatic rings. The van der Waals surface area contributed by atoms with Gasteiger partial charge in [-0.25, -0.2) is 4.79 Å². The van der Waals surface area contributed by atoms with Crippen LogP contribution in [0.5, 0.6) is 0 Å². The van der Waals surface area contributed by atoms with Crippen LogP contribution in [0.15, 0.2) is 46.9 Å². The second-order valence-electron chi connectivity index (χ2n) is 4.22. The van der Waals surface area contributed by atoms with E-state index >= 15 is 0 Å². The molecule has 4 N–H and O–H groups in total. The predicted molar refractivity (Wildman–Crippen MR) is 77.7 cm³/mol. The highest BCUT2D eigenvalue weighted by atomic mass is 16.4. The van der Waals surface area contributed by atoms with E-state index in [9.17, 15) is 9.59 Å². The summed E-state index contributed by atoms with van der Waals surface area (Å²) in [4.78, 5) is 22.3. The molecule has 1 aromatic carbocycles. The van der Waals surface area contributed by atoms with Gasteiger partial charge in [-0.1, -0.05) is 12.1 Å². The molecular formula is C15H14N2O4. The third-order valence-corrected chi connectivity index (χ3v) is 2.67. The maximum Gasteiger partial charge on any atom is 0.328 e. The van der Waals surface area contributed by atoms with Crippen LogP contribution in [0.2, 0.25) is 0 Å². The molecule has 6 nitrogen and oxygen atoms in total. The zero-order valence-corrected chi connectivity index (χ0v) is 11.1. The number of rotatable bonds is 5. The van der Waals surface area contributed by atoms with E-state index in [1.165, 1.54) is 6.08 Å². The van der Waals surface area contributed by atoms with Crippen molar-refractivity contribution in [2.24, 2.45) is 5.73 Å². The van der Waals surface area contributed by atoms with Crippen molar-refractivity contribution in [1.29, 1.82) is 0 Å². The van der Waals surface area contributed by atoms with Gasteiger partial charge in [-0.05, 0) is 35.9 Å². The van der Waals surface area contributed by atoms with Gasteiger partial charge in [-0.2, -0.15) is 0 Å². The Labute approximate surface area is 120 Å². The van der Waals surface area contributed by atoms with E-state index in [1.807, 2.05) is 0 Å². The molecule has 21 heavy (non-hydrogen) atoms. The van der Waals surface area contributed by atoms with Gasteiger partial charge in [0.2, 0.25) is 0 Å². The lowest BCUT2D eigenvalue weighted by molar-refractivity contribution is -0.131. The van der Waals surface area contributed by atoms with E-state index in [0.717, 1.165) is 11.6 Å². The Kier molecular flexibility index (Phi) is 4.53. The van der Waals surface area contributed by atoms with Crippen molar-refractivity contribution in [3.05, 3.63) is 59.6 Å². The molecule has 0 saturated heterocycles. The molecule has 1 heterocycles. The molecule has 2 rings (SSSR count). The van der Waals surface area contributed by atoms with Crippen LogP contribution in [0.3, 0.4) is 0 Å². The summed E-state index contributed by atoms with van der Waals surface area (Å²) in [5, 5.41) is 11.2. The second kappa shape index (κ2) is 6.53. The molecular weight excluding hydrogens is 272 g/mol. The molecule has 6 heteroatoms. The molecule has 0 unspecified atom stereocenters. The summed E-state index contributed by atoms with van der Waals surface area (Å²) in [5.74, 6) is -0.663. The zero-order chi connectivity index (χ0) is 15.2. The molecule has 0 fully saturated rings. The van der Waals surface area contributed by atoms with E-state index in [1.54, 1.807) is 36.4 Å². The minimum absolute atomic E-state index is 0.185. The SMILES string of the molecule is NCc1ccc(C(=O)Nc2ccc(/C=C/C(=O)O)cc2)o1. The topological polar surface area (TPSA) is 106 Å². The minimum Gasteiger partial charge on any atom is -0.478 e. The number of hydrogen-bond donors (Lipinski definition) is 3. The van der Waals surface area contributed by atoms with Crippen molar-refractivity contribution in [2.75, 3.05) is 5.32 Å². The van der Waals surface area contributed by atoms with Gasteiger partial charge in [0, 0.05) is 11.8 Å². The lowest BCUT2D eigenvalue weighted by atomic mass is 10.2. The molecule has 0 aliphatic rings. The largest absolute Gasteiger partial charge is 0.478 e. The number of aliphatic carboxylic acids is 1. The van der Waals surface area contributed by atoms with Crippen LogP contribution in [-0.2, 0) is 11.3 Å². The molecule has 0 bridgehead atoms. The van der Waals surface area contributed by atoms with Crippen molar-refractivity contribution >= 4 is 23.6 Å². The number of carboxylic acid groups (broad SMARTS) is 1. The van der Waals surface area contributed by atoms with Crippen molar-refractivity contribution in [3.63, 3.8) is 0 Å².